The van der Waals surface area contributed by atoms with E-state index in [0.29, 0.717) is 18.5 Å². The summed E-state index contributed by atoms with van der Waals surface area (Å²) in [5.41, 5.74) is 1.27. The number of hydrogen-bond donors (Lipinski definition) is 1. The minimum Gasteiger partial charge on any atom is -0.481 e. The number of nitrogens with zero attached hydrogens (tertiary/aromatic N) is 3. The monoisotopic (exact) mass is 295 g/mol. The van der Waals surface area contributed by atoms with E-state index in [9.17, 15) is 9.59 Å². The van der Waals surface area contributed by atoms with Gasteiger partial charge in [0.2, 0.25) is 0 Å². The standard InChI is InChI=1S/C15H25N3O3/c1-6-12-11(10-16-18(12)15(3,4)5)14(21)17(7-2)9-8-13(19)20/h10H,6-9H2,1-5H3,(H,19,20). The zero-order valence-corrected chi connectivity index (χ0v) is 13.5. The molecule has 0 radical (unpaired) electrons. The predicted octanol–water partition coefficient (Wildman–Crippen LogP) is 2.14. The van der Waals surface area contributed by atoms with Crippen LogP contribution in [0.4, 0.5) is 0 Å². The highest BCUT2D eigenvalue weighted by Gasteiger charge is 2.25. The van der Waals surface area contributed by atoms with Crippen molar-refractivity contribution in [2.45, 2.75) is 53.0 Å². The van der Waals surface area contributed by atoms with Gasteiger partial charge in [-0.25, -0.2) is 0 Å². The van der Waals surface area contributed by atoms with Gasteiger partial charge in [0.25, 0.3) is 5.91 Å². The maximum absolute atomic E-state index is 12.6. The van der Waals surface area contributed by atoms with Gasteiger partial charge in [0.1, 0.15) is 0 Å². The van der Waals surface area contributed by atoms with E-state index < -0.39 is 5.97 Å². The minimum atomic E-state index is -0.901. The Morgan fingerprint density at radius 1 is 1.33 bits per heavy atom. The predicted molar refractivity (Wildman–Crippen MR) is 80.4 cm³/mol. The molecular weight excluding hydrogens is 270 g/mol. The first-order valence-corrected chi connectivity index (χ1v) is 7.30. The van der Waals surface area contributed by atoms with Gasteiger partial charge in [-0.2, -0.15) is 5.10 Å². The molecule has 0 saturated carbocycles. The fraction of sp³-hybridized carbons (Fsp3) is 0.667. The van der Waals surface area contributed by atoms with Crippen molar-refractivity contribution in [2.24, 2.45) is 0 Å². The molecule has 0 aromatic carbocycles. The van der Waals surface area contributed by atoms with Crippen LogP contribution in [0.1, 0.15) is 57.1 Å². The van der Waals surface area contributed by atoms with Crippen LogP contribution in [0.5, 0.6) is 0 Å². The molecule has 0 aliphatic heterocycles. The van der Waals surface area contributed by atoms with Crippen molar-refractivity contribution in [3.05, 3.63) is 17.5 Å². The molecule has 1 aromatic heterocycles. The second-order valence-electron chi connectivity index (χ2n) is 5.97. The molecule has 6 heteroatoms. The van der Waals surface area contributed by atoms with Gasteiger partial charge >= 0.3 is 5.97 Å². The molecule has 0 saturated heterocycles. The van der Waals surface area contributed by atoms with Crippen LogP contribution in [0.25, 0.3) is 0 Å². The van der Waals surface area contributed by atoms with Crippen LogP contribution in [0.3, 0.4) is 0 Å². The molecule has 118 valence electrons. The number of carboxylic acids is 1. The third-order valence-corrected chi connectivity index (χ3v) is 3.33. The van der Waals surface area contributed by atoms with Gasteiger partial charge in [0, 0.05) is 13.1 Å². The van der Waals surface area contributed by atoms with Gasteiger partial charge in [-0.3, -0.25) is 14.3 Å². The molecule has 0 fully saturated rings. The van der Waals surface area contributed by atoms with Crippen molar-refractivity contribution in [3.8, 4) is 0 Å². The van der Waals surface area contributed by atoms with E-state index in [1.54, 1.807) is 11.1 Å². The zero-order chi connectivity index (χ0) is 16.2. The first-order chi connectivity index (χ1) is 9.72. The summed E-state index contributed by atoms with van der Waals surface area (Å²) in [6.07, 6.45) is 2.25. The van der Waals surface area contributed by atoms with Gasteiger partial charge in [-0.15, -0.1) is 0 Å². The van der Waals surface area contributed by atoms with Crippen molar-refractivity contribution in [2.75, 3.05) is 13.1 Å². The molecule has 0 atom stereocenters. The van der Waals surface area contributed by atoms with Gasteiger partial charge in [-0.1, -0.05) is 6.92 Å². The number of amides is 1. The maximum Gasteiger partial charge on any atom is 0.305 e. The lowest BCUT2D eigenvalue weighted by Crippen LogP contribution is -2.34. The van der Waals surface area contributed by atoms with Crippen LogP contribution in [-0.2, 0) is 16.8 Å². The lowest BCUT2D eigenvalue weighted by molar-refractivity contribution is -0.137. The molecule has 0 bridgehead atoms. The van der Waals surface area contributed by atoms with Crippen LogP contribution in [0.2, 0.25) is 0 Å². The maximum atomic E-state index is 12.6. The van der Waals surface area contributed by atoms with Crippen LogP contribution in [0, 0.1) is 0 Å². The fourth-order valence-corrected chi connectivity index (χ4v) is 2.27. The molecule has 6 nitrogen and oxygen atoms in total. The molecule has 1 heterocycles. The van der Waals surface area contributed by atoms with E-state index in [1.165, 1.54) is 0 Å². The first kappa shape index (κ1) is 17.2. The molecule has 0 aliphatic carbocycles. The molecule has 21 heavy (non-hydrogen) atoms. The summed E-state index contributed by atoms with van der Waals surface area (Å²) < 4.78 is 1.87. The third kappa shape index (κ3) is 4.06. The molecule has 1 rings (SSSR count). The van der Waals surface area contributed by atoms with Crippen LogP contribution in [-0.4, -0.2) is 44.8 Å². The molecule has 0 unspecified atom stereocenters. The van der Waals surface area contributed by atoms with Crippen LogP contribution in [0.15, 0.2) is 6.20 Å². The van der Waals surface area contributed by atoms with Crippen LogP contribution < -0.4 is 0 Å². The van der Waals surface area contributed by atoms with Crippen molar-refractivity contribution < 1.29 is 14.7 Å². The molecule has 1 amide bonds. The number of rotatable bonds is 6. The van der Waals surface area contributed by atoms with Gasteiger partial charge in [0.05, 0.1) is 29.4 Å². The van der Waals surface area contributed by atoms with E-state index in [4.69, 9.17) is 5.11 Å². The Bertz CT molecular complexity index is 515. The molecule has 1 N–H and O–H groups in total. The topological polar surface area (TPSA) is 75.4 Å². The van der Waals surface area contributed by atoms with Gasteiger partial charge < -0.3 is 10.0 Å². The van der Waals surface area contributed by atoms with Crippen LogP contribution >= 0.6 is 0 Å². The largest absolute Gasteiger partial charge is 0.481 e. The molecule has 1 aromatic rings. The summed E-state index contributed by atoms with van der Waals surface area (Å²) in [4.78, 5) is 24.8. The highest BCUT2D eigenvalue weighted by atomic mass is 16.4. The average molecular weight is 295 g/mol. The first-order valence-electron chi connectivity index (χ1n) is 7.30. The van der Waals surface area contributed by atoms with E-state index in [-0.39, 0.29) is 24.4 Å². The number of carbonyl (C=O) groups excluding carboxylic acids is 1. The van der Waals surface area contributed by atoms with Crippen molar-refractivity contribution in [1.82, 2.24) is 14.7 Å². The fourth-order valence-electron chi connectivity index (χ4n) is 2.27. The third-order valence-electron chi connectivity index (χ3n) is 3.33. The second kappa shape index (κ2) is 6.74. The number of aliphatic carboxylic acids is 1. The number of hydrogen-bond acceptors (Lipinski definition) is 3. The number of carboxylic acid groups (broad SMARTS) is 1. The summed E-state index contributed by atoms with van der Waals surface area (Å²) in [5, 5.41) is 13.1. The van der Waals surface area contributed by atoms with E-state index in [2.05, 4.69) is 5.10 Å². The van der Waals surface area contributed by atoms with E-state index in [1.807, 2.05) is 39.3 Å². The zero-order valence-electron chi connectivity index (χ0n) is 13.5. The highest BCUT2D eigenvalue weighted by Crippen LogP contribution is 2.21. The summed E-state index contributed by atoms with van der Waals surface area (Å²) in [7, 11) is 0. The lowest BCUT2D eigenvalue weighted by Gasteiger charge is -2.24. The summed E-state index contributed by atoms with van der Waals surface area (Å²) >= 11 is 0. The Morgan fingerprint density at radius 3 is 2.38 bits per heavy atom. The Kier molecular flexibility index (Phi) is 5.52. The average Bonchev–Trinajstić information content (AvgIpc) is 2.82. The summed E-state index contributed by atoms with van der Waals surface area (Å²) in [6, 6.07) is 0. The minimum absolute atomic E-state index is 0.0472. The van der Waals surface area contributed by atoms with E-state index >= 15 is 0 Å². The Labute approximate surface area is 125 Å². The normalized spacial score (nSPS) is 11.5. The quantitative estimate of drug-likeness (QED) is 0.872. The van der Waals surface area contributed by atoms with Crippen molar-refractivity contribution >= 4 is 11.9 Å². The Balaban J connectivity index is 3.06. The SMILES string of the molecule is CCc1c(C(=O)N(CC)CCC(=O)O)cnn1C(C)(C)C. The summed E-state index contributed by atoms with van der Waals surface area (Å²) in [5.74, 6) is -1.05. The number of carbonyl (C=O) groups is 2. The molecule has 0 spiro atoms. The lowest BCUT2D eigenvalue weighted by atomic mass is 10.1. The second-order valence-corrected chi connectivity index (χ2v) is 5.97. The van der Waals surface area contributed by atoms with Gasteiger partial charge in [0.15, 0.2) is 0 Å². The molecular formula is C15H25N3O3. The van der Waals surface area contributed by atoms with Gasteiger partial charge in [-0.05, 0) is 34.1 Å². The Morgan fingerprint density at radius 2 is 1.95 bits per heavy atom. The Hall–Kier alpha value is -1.85. The smallest absolute Gasteiger partial charge is 0.305 e. The van der Waals surface area contributed by atoms with Crippen molar-refractivity contribution in [3.63, 3.8) is 0 Å². The van der Waals surface area contributed by atoms with E-state index in [0.717, 1.165) is 5.69 Å². The number of aromatic nitrogens is 2. The highest BCUT2D eigenvalue weighted by molar-refractivity contribution is 5.95. The van der Waals surface area contributed by atoms with Crippen molar-refractivity contribution in [1.29, 1.82) is 0 Å². The molecule has 0 aliphatic rings. The summed E-state index contributed by atoms with van der Waals surface area (Å²) in [6.45, 7) is 10.6.